The number of carbonyl (C=O) groups is 1. The number of aromatic nitrogens is 1. The number of anilines is 1. The maximum absolute atomic E-state index is 12.0. The molecule has 4 nitrogen and oxygen atoms in total. The Labute approximate surface area is 102 Å². The number of nitrogens with zero attached hydrogens (tertiary/aromatic N) is 2. The second-order valence-corrected chi connectivity index (χ2v) is 4.60. The molecule has 17 heavy (non-hydrogen) atoms. The summed E-state index contributed by atoms with van der Waals surface area (Å²) in [5, 5.41) is 3.01. The summed E-state index contributed by atoms with van der Waals surface area (Å²) in [5.74, 6) is 1.30. The van der Waals surface area contributed by atoms with Gasteiger partial charge >= 0.3 is 0 Å². The van der Waals surface area contributed by atoms with Crippen molar-refractivity contribution in [3.63, 3.8) is 0 Å². The number of pyridine rings is 1. The molecule has 1 atom stereocenters. The Bertz CT molecular complexity index is 405. The lowest BCUT2D eigenvalue weighted by Gasteiger charge is -2.30. The highest BCUT2D eigenvalue weighted by Crippen LogP contribution is 2.19. The smallest absolute Gasteiger partial charge is 0.225 e. The van der Waals surface area contributed by atoms with Gasteiger partial charge in [-0.15, -0.1) is 0 Å². The van der Waals surface area contributed by atoms with Gasteiger partial charge in [0.25, 0.3) is 0 Å². The summed E-state index contributed by atoms with van der Waals surface area (Å²) in [6.45, 7) is 3.58. The number of carbonyl (C=O) groups excluding carboxylic acids is 1. The van der Waals surface area contributed by atoms with Crippen LogP contribution >= 0.6 is 0 Å². The highest BCUT2D eigenvalue weighted by molar-refractivity contribution is 5.79. The van der Waals surface area contributed by atoms with E-state index in [2.05, 4.69) is 10.3 Å². The van der Waals surface area contributed by atoms with Crippen molar-refractivity contribution in [3.8, 4) is 0 Å². The molecule has 0 aromatic carbocycles. The fraction of sp³-hybridized carbons (Fsp3) is 0.538. The number of nitrogens with one attached hydrogen (secondary N) is 1. The molecule has 4 heteroatoms. The largest absolute Gasteiger partial charge is 0.373 e. The standard InChI is InChI=1S/C13H19N3O/c1-10-4-3-7-16(13(10)17)9-11-5-6-15-12(8-11)14-2/h5-6,8,10H,3-4,7,9H2,1-2H3,(H,14,15). The average molecular weight is 233 g/mol. The van der Waals surface area contributed by atoms with Crippen molar-refractivity contribution in [2.45, 2.75) is 26.3 Å². The first kappa shape index (κ1) is 11.9. The molecule has 0 radical (unpaired) electrons. The summed E-state index contributed by atoms with van der Waals surface area (Å²) >= 11 is 0. The van der Waals surface area contributed by atoms with Crippen molar-refractivity contribution < 1.29 is 4.79 Å². The van der Waals surface area contributed by atoms with Gasteiger partial charge in [0.2, 0.25) is 5.91 Å². The van der Waals surface area contributed by atoms with Gasteiger partial charge in [-0.3, -0.25) is 4.79 Å². The average Bonchev–Trinajstić information content (AvgIpc) is 2.35. The molecule has 1 aromatic rings. The summed E-state index contributed by atoms with van der Waals surface area (Å²) in [5.41, 5.74) is 1.13. The van der Waals surface area contributed by atoms with Crippen LogP contribution in [0.1, 0.15) is 25.3 Å². The van der Waals surface area contributed by atoms with Crippen molar-refractivity contribution in [2.75, 3.05) is 18.9 Å². The van der Waals surface area contributed by atoms with E-state index >= 15 is 0 Å². The zero-order valence-corrected chi connectivity index (χ0v) is 10.4. The third kappa shape index (κ3) is 2.75. The summed E-state index contributed by atoms with van der Waals surface area (Å²) in [4.78, 5) is 18.1. The minimum Gasteiger partial charge on any atom is -0.373 e. The fourth-order valence-corrected chi connectivity index (χ4v) is 2.22. The number of rotatable bonds is 3. The maximum Gasteiger partial charge on any atom is 0.225 e. The van der Waals surface area contributed by atoms with E-state index in [4.69, 9.17) is 0 Å². The lowest BCUT2D eigenvalue weighted by atomic mass is 9.99. The fourth-order valence-electron chi connectivity index (χ4n) is 2.22. The number of hydrogen-bond acceptors (Lipinski definition) is 3. The molecule has 92 valence electrons. The van der Waals surface area contributed by atoms with E-state index in [9.17, 15) is 4.79 Å². The van der Waals surface area contributed by atoms with Gasteiger partial charge in [0.05, 0.1) is 0 Å². The Morgan fingerprint density at radius 1 is 1.59 bits per heavy atom. The van der Waals surface area contributed by atoms with Gasteiger partial charge in [0.1, 0.15) is 5.82 Å². The zero-order chi connectivity index (χ0) is 12.3. The Morgan fingerprint density at radius 2 is 2.41 bits per heavy atom. The molecule has 1 aliphatic heterocycles. The van der Waals surface area contributed by atoms with Crippen molar-refractivity contribution in [2.24, 2.45) is 5.92 Å². The quantitative estimate of drug-likeness (QED) is 0.867. The normalized spacial score (nSPS) is 20.5. The predicted molar refractivity (Wildman–Crippen MR) is 67.6 cm³/mol. The van der Waals surface area contributed by atoms with E-state index in [1.165, 1.54) is 0 Å². The van der Waals surface area contributed by atoms with Gasteiger partial charge in [-0.2, -0.15) is 0 Å². The molecule has 1 aliphatic rings. The minimum absolute atomic E-state index is 0.175. The first-order valence-corrected chi connectivity index (χ1v) is 6.12. The molecule has 0 spiro atoms. The Kier molecular flexibility index (Phi) is 3.61. The van der Waals surface area contributed by atoms with Crippen molar-refractivity contribution in [1.82, 2.24) is 9.88 Å². The van der Waals surface area contributed by atoms with Gasteiger partial charge in [-0.25, -0.2) is 4.98 Å². The SMILES string of the molecule is CNc1cc(CN2CCCC(C)C2=O)ccn1. The molecule has 0 aliphatic carbocycles. The Morgan fingerprint density at radius 3 is 3.18 bits per heavy atom. The molecule has 0 saturated carbocycles. The molecule has 1 aromatic heterocycles. The van der Waals surface area contributed by atoms with Crippen molar-refractivity contribution in [3.05, 3.63) is 23.9 Å². The zero-order valence-electron chi connectivity index (χ0n) is 10.4. The van der Waals surface area contributed by atoms with E-state index in [-0.39, 0.29) is 11.8 Å². The topological polar surface area (TPSA) is 45.2 Å². The molecule has 2 rings (SSSR count). The number of piperidine rings is 1. The van der Waals surface area contributed by atoms with Crippen LogP contribution in [0, 0.1) is 5.92 Å². The highest BCUT2D eigenvalue weighted by Gasteiger charge is 2.24. The van der Waals surface area contributed by atoms with Crippen LogP contribution in [-0.4, -0.2) is 29.4 Å². The Hall–Kier alpha value is -1.58. The van der Waals surface area contributed by atoms with Crippen LogP contribution in [-0.2, 0) is 11.3 Å². The molecule has 2 heterocycles. The lowest BCUT2D eigenvalue weighted by Crippen LogP contribution is -2.39. The summed E-state index contributed by atoms with van der Waals surface area (Å²) in [6, 6.07) is 3.96. The second kappa shape index (κ2) is 5.17. The van der Waals surface area contributed by atoms with Crippen LogP contribution in [0.3, 0.4) is 0 Å². The predicted octanol–water partition coefficient (Wildman–Crippen LogP) is 1.88. The molecule has 1 saturated heterocycles. The first-order valence-electron chi connectivity index (χ1n) is 6.12. The van der Waals surface area contributed by atoms with E-state index in [0.29, 0.717) is 6.54 Å². The van der Waals surface area contributed by atoms with Crippen LogP contribution < -0.4 is 5.32 Å². The van der Waals surface area contributed by atoms with Crippen LogP contribution in [0.2, 0.25) is 0 Å². The summed E-state index contributed by atoms with van der Waals surface area (Å²) in [7, 11) is 1.85. The van der Waals surface area contributed by atoms with E-state index in [1.807, 2.05) is 31.0 Å². The van der Waals surface area contributed by atoms with Gasteiger partial charge in [-0.05, 0) is 30.5 Å². The Balaban J connectivity index is 2.06. The molecule has 1 unspecified atom stereocenters. The van der Waals surface area contributed by atoms with Gasteiger partial charge in [0.15, 0.2) is 0 Å². The summed E-state index contributed by atoms with van der Waals surface area (Å²) in [6.07, 6.45) is 3.91. The number of hydrogen-bond donors (Lipinski definition) is 1. The van der Waals surface area contributed by atoms with Crippen LogP contribution in [0.15, 0.2) is 18.3 Å². The number of amides is 1. The van der Waals surface area contributed by atoms with Crippen LogP contribution in [0.25, 0.3) is 0 Å². The van der Waals surface area contributed by atoms with E-state index in [0.717, 1.165) is 30.8 Å². The minimum atomic E-state index is 0.175. The van der Waals surface area contributed by atoms with E-state index in [1.54, 1.807) is 6.20 Å². The molecule has 0 bridgehead atoms. The van der Waals surface area contributed by atoms with E-state index < -0.39 is 0 Å². The van der Waals surface area contributed by atoms with Crippen LogP contribution in [0.5, 0.6) is 0 Å². The highest BCUT2D eigenvalue weighted by atomic mass is 16.2. The van der Waals surface area contributed by atoms with Gasteiger partial charge < -0.3 is 10.2 Å². The lowest BCUT2D eigenvalue weighted by molar-refractivity contribution is -0.138. The first-order chi connectivity index (χ1) is 8.20. The maximum atomic E-state index is 12.0. The molecule has 1 N–H and O–H groups in total. The molecular weight excluding hydrogens is 214 g/mol. The number of likely N-dealkylation sites (tertiary alicyclic amines) is 1. The third-order valence-electron chi connectivity index (χ3n) is 3.25. The monoisotopic (exact) mass is 233 g/mol. The van der Waals surface area contributed by atoms with Crippen molar-refractivity contribution >= 4 is 11.7 Å². The van der Waals surface area contributed by atoms with Gasteiger partial charge in [0, 0.05) is 32.3 Å². The van der Waals surface area contributed by atoms with Crippen LogP contribution in [0.4, 0.5) is 5.82 Å². The molecule has 1 amide bonds. The van der Waals surface area contributed by atoms with Crippen molar-refractivity contribution in [1.29, 1.82) is 0 Å². The summed E-state index contributed by atoms with van der Waals surface area (Å²) < 4.78 is 0. The molecular formula is C13H19N3O. The third-order valence-corrected chi connectivity index (χ3v) is 3.25. The van der Waals surface area contributed by atoms with Gasteiger partial charge in [-0.1, -0.05) is 6.92 Å². The molecule has 1 fully saturated rings. The second-order valence-electron chi connectivity index (χ2n) is 4.60.